The minimum atomic E-state index is -4.33. The topological polar surface area (TPSA) is 114 Å². The Morgan fingerprint density at radius 1 is 0.795 bits per heavy atom. The molecule has 0 aromatic heterocycles. The summed E-state index contributed by atoms with van der Waals surface area (Å²) in [6.45, 7) is 0.247. The van der Waals surface area contributed by atoms with Crippen molar-refractivity contribution in [2.45, 2.75) is 9.79 Å². The summed E-state index contributed by atoms with van der Waals surface area (Å²) in [6, 6.07) is 17.1. The van der Waals surface area contributed by atoms with E-state index in [9.17, 15) is 26.0 Å². The third kappa shape index (κ3) is 5.56. The SMILES string of the molecule is O=C(CN(c1cccc(F)c1)S(=O)(=O)c1ccc2c(c1)OCCO2)N1CCN(S(=O)(=O)c2ccccc2)CC1. The van der Waals surface area contributed by atoms with Gasteiger partial charge in [0.1, 0.15) is 25.6 Å². The molecule has 0 unspecified atom stereocenters. The van der Waals surface area contributed by atoms with Crippen molar-refractivity contribution in [3.8, 4) is 11.5 Å². The molecular weight excluding hydrogens is 549 g/mol. The molecule has 1 fully saturated rings. The van der Waals surface area contributed by atoms with Gasteiger partial charge >= 0.3 is 0 Å². The van der Waals surface area contributed by atoms with E-state index in [0.29, 0.717) is 12.4 Å². The summed E-state index contributed by atoms with van der Waals surface area (Å²) in [5.41, 5.74) is -0.0245. The number of piperazine rings is 1. The van der Waals surface area contributed by atoms with Crippen molar-refractivity contribution in [3.05, 3.63) is 78.6 Å². The van der Waals surface area contributed by atoms with Gasteiger partial charge in [-0.25, -0.2) is 21.2 Å². The number of hydrogen-bond donors (Lipinski definition) is 0. The average Bonchev–Trinajstić information content (AvgIpc) is 2.96. The minimum absolute atomic E-state index is 0.0245. The maximum absolute atomic E-state index is 14.1. The van der Waals surface area contributed by atoms with Gasteiger partial charge < -0.3 is 14.4 Å². The lowest BCUT2D eigenvalue weighted by Crippen LogP contribution is -2.53. The Morgan fingerprint density at radius 2 is 1.49 bits per heavy atom. The zero-order valence-corrected chi connectivity index (χ0v) is 22.4. The van der Waals surface area contributed by atoms with Crippen molar-refractivity contribution >= 4 is 31.6 Å². The van der Waals surface area contributed by atoms with E-state index in [2.05, 4.69) is 0 Å². The fourth-order valence-electron chi connectivity index (χ4n) is 4.40. The normalized spacial score (nSPS) is 16.1. The second-order valence-corrected chi connectivity index (χ2v) is 12.7. The van der Waals surface area contributed by atoms with E-state index in [1.807, 2.05) is 0 Å². The van der Waals surface area contributed by atoms with Crippen LogP contribution in [0.15, 0.2) is 82.6 Å². The first-order valence-electron chi connectivity index (χ1n) is 12.2. The van der Waals surface area contributed by atoms with Crippen LogP contribution in [0.25, 0.3) is 0 Å². The Kier molecular flexibility index (Phi) is 7.47. The number of carbonyl (C=O) groups is 1. The highest BCUT2D eigenvalue weighted by molar-refractivity contribution is 7.92. The fraction of sp³-hybridized carbons (Fsp3) is 0.269. The van der Waals surface area contributed by atoms with Crippen molar-refractivity contribution in [2.75, 3.05) is 50.2 Å². The maximum Gasteiger partial charge on any atom is 0.264 e. The molecule has 3 aromatic rings. The first-order valence-corrected chi connectivity index (χ1v) is 15.1. The van der Waals surface area contributed by atoms with Gasteiger partial charge in [-0.15, -0.1) is 0 Å². The maximum atomic E-state index is 14.1. The molecule has 0 aliphatic carbocycles. The first kappa shape index (κ1) is 26.9. The number of halogens is 1. The van der Waals surface area contributed by atoms with Crippen molar-refractivity contribution in [1.82, 2.24) is 9.21 Å². The van der Waals surface area contributed by atoms with E-state index in [1.54, 1.807) is 18.2 Å². The van der Waals surface area contributed by atoms with Crippen molar-refractivity contribution in [1.29, 1.82) is 0 Å². The van der Waals surface area contributed by atoms with Crippen LogP contribution in [0, 0.1) is 5.82 Å². The minimum Gasteiger partial charge on any atom is -0.486 e. The van der Waals surface area contributed by atoms with Crippen LogP contribution in [0.2, 0.25) is 0 Å². The molecule has 39 heavy (non-hydrogen) atoms. The van der Waals surface area contributed by atoms with Crippen LogP contribution in [-0.4, -0.2) is 77.9 Å². The summed E-state index contributed by atoms with van der Waals surface area (Å²) in [5, 5.41) is 0. The van der Waals surface area contributed by atoms with Gasteiger partial charge in [0.15, 0.2) is 11.5 Å². The van der Waals surface area contributed by atoms with Crippen LogP contribution >= 0.6 is 0 Å². The summed E-state index contributed by atoms with van der Waals surface area (Å²) in [5.74, 6) is -0.556. The van der Waals surface area contributed by atoms with Gasteiger partial charge in [-0.1, -0.05) is 24.3 Å². The van der Waals surface area contributed by atoms with E-state index >= 15 is 0 Å². The van der Waals surface area contributed by atoms with Crippen LogP contribution in [0.3, 0.4) is 0 Å². The van der Waals surface area contributed by atoms with Gasteiger partial charge in [0, 0.05) is 32.2 Å². The standard InChI is InChI=1S/C26H26FN3O7S2/c27-20-5-4-6-21(17-20)30(39(34,35)23-9-10-24-25(18-23)37-16-15-36-24)19-26(31)28-11-13-29(14-12-28)38(32,33)22-7-2-1-3-8-22/h1-10,17-18H,11-16,19H2. The molecular formula is C26H26FN3O7S2. The molecule has 0 spiro atoms. The Labute approximate surface area is 226 Å². The van der Waals surface area contributed by atoms with Gasteiger partial charge in [0.2, 0.25) is 15.9 Å². The lowest BCUT2D eigenvalue weighted by Gasteiger charge is -2.35. The van der Waals surface area contributed by atoms with E-state index in [0.717, 1.165) is 10.4 Å². The number of carbonyl (C=O) groups excluding carboxylic acids is 1. The average molecular weight is 576 g/mol. The second kappa shape index (κ2) is 10.8. The molecule has 206 valence electrons. The largest absolute Gasteiger partial charge is 0.486 e. The zero-order chi connectivity index (χ0) is 27.6. The van der Waals surface area contributed by atoms with Crippen molar-refractivity contribution < 1.29 is 35.5 Å². The Bertz CT molecular complexity index is 1580. The Morgan fingerprint density at radius 3 is 2.18 bits per heavy atom. The van der Waals surface area contributed by atoms with Crippen LogP contribution in [0.5, 0.6) is 11.5 Å². The highest BCUT2D eigenvalue weighted by atomic mass is 32.2. The smallest absolute Gasteiger partial charge is 0.264 e. The number of ether oxygens (including phenoxy) is 2. The zero-order valence-electron chi connectivity index (χ0n) is 20.8. The number of benzene rings is 3. The number of sulfonamides is 2. The summed E-state index contributed by atoms with van der Waals surface area (Å²) in [4.78, 5) is 14.7. The van der Waals surface area contributed by atoms with Gasteiger partial charge in [0.25, 0.3) is 10.0 Å². The van der Waals surface area contributed by atoms with Crippen LogP contribution < -0.4 is 13.8 Å². The van der Waals surface area contributed by atoms with Gasteiger partial charge in [0.05, 0.1) is 15.5 Å². The van der Waals surface area contributed by atoms with Crippen LogP contribution in [0.1, 0.15) is 0 Å². The molecule has 10 nitrogen and oxygen atoms in total. The molecule has 0 radical (unpaired) electrons. The third-order valence-corrected chi connectivity index (χ3v) is 10.1. The lowest BCUT2D eigenvalue weighted by atomic mass is 10.3. The Balaban J connectivity index is 1.36. The number of anilines is 1. The molecule has 13 heteroatoms. The lowest BCUT2D eigenvalue weighted by molar-refractivity contribution is -0.130. The van der Waals surface area contributed by atoms with E-state index in [1.165, 1.54) is 57.7 Å². The summed E-state index contributed by atoms with van der Waals surface area (Å²) < 4.78 is 80.6. The highest BCUT2D eigenvalue weighted by Gasteiger charge is 2.34. The number of nitrogens with zero attached hydrogens (tertiary/aromatic N) is 3. The monoisotopic (exact) mass is 575 g/mol. The van der Waals surface area contributed by atoms with Crippen LogP contribution in [0.4, 0.5) is 10.1 Å². The molecule has 1 saturated heterocycles. The molecule has 2 aliphatic heterocycles. The molecule has 0 bridgehead atoms. The summed E-state index contributed by atoms with van der Waals surface area (Å²) >= 11 is 0. The quantitative estimate of drug-likeness (QED) is 0.425. The number of amides is 1. The molecule has 0 atom stereocenters. The molecule has 5 rings (SSSR count). The first-order chi connectivity index (χ1) is 18.7. The Hall–Kier alpha value is -3.68. The molecule has 2 aliphatic rings. The van der Waals surface area contributed by atoms with Crippen molar-refractivity contribution in [3.63, 3.8) is 0 Å². The van der Waals surface area contributed by atoms with Gasteiger partial charge in [-0.3, -0.25) is 9.10 Å². The predicted molar refractivity (Wildman–Crippen MR) is 140 cm³/mol. The van der Waals surface area contributed by atoms with Gasteiger partial charge in [-0.2, -0.15) is 4.31 Å². The van der Waals surface area contributed by atoms with E-state index in [-0.39, 0.29) is 54.0 Å². The van der Waals surface area contributed by atoms with Crippen LogP contribution in [-0.2, 0) is 24.8 Å². The second-order valence-electron chi connectivity index (χ2n) is 8.89. The summed E-state index contributed by atoms with van der Waals surface area (Å²) in [7, 11) is -8.05. The molecule has 3 aromatic carbocycles. The molecule has 1 amide bonds. The highest BCUT2D eigenvalue weighted by Crippen LogP contribution is 2.34. The predicted octanol–water partition coefficient (Wildman–Crippen LogP) is 2.33. The number of hydrogen-bond acceptors (Lipinski definition) is 7. The summed E-state index contributed by atoms with van der Waals surface area (Å²) in [6.07, 6.45) is 0. The fourth-order valence-corrected chi connectivity index (χ4v) is 7.27. The number of rotatable bonds is 7. The van der Waals surface area contributed by atoms with E-state index < -0.39 is 38.3 Å². The van der Waals surface area contributed by atoms with E-state index in [4.69, 9.17) is 9.47 Å². The molecule has 2 heterocycles. The van der Waals surface area contributed by atoms with Crippen molar-refractivity contribution in [2.24, 2.45) is 0 Å². The van der Waals surface area contributed by atoms with Gasteiger partial charge in [-0.05, 0) is 42.5 Å². The third-order valence-electron chi connectivity index (χ3n) is 6.45. The molecule has 0 saturated carbocycles. The molecule has 0 N–H and O–H groups in total. The number of fused-ring (bicyclic) bond motifs is 1.